The van der Waals surface area contributed by atoms with Crippen LogP contribution < -0.4 is 20.7 Å². The van der Waals surface area contributed by atoms with Crippen LogP contribution in [-0.2, 0) is 22.6 Å². The third-order valence-electron chi connectivity index (χ3n) is 5.00. The molecule has 1 heterocycles. The molecule has 0 radical (unpaired) electrons. The number of hydrogen-bond acceptors (Lipinski definition) is 5. The van der Waals surface area contributed by atoms with E-state index < -0.39 is 6.04 Å². The van der Waals surface area contributed by atoms with Gasteiger partial charge >= 0.3 is 0 Å². The van der Waals surface area contributed by atoms with Gasteiger partial charge in [0.05, 0.1) is 13.2 Å². The molecule has 0 saturated carbocycles. The molecule has 0 bridgehead atoms. The van der Waals surface area contributed by atoms with E-state index in [1.165, 1.54) is 11.1 Å². The zero-order chi connectivity index (χ0) is 20.6. The van der Waals surface area contributed by atoms with Crippen molar-refractivity contribution in [2.24, 2.45) is 0 Å². The molecule has 0 aliphatic carbocycles. The normalized spacial score (nSPS) is 16.4. The molecule has 0 aromatic heterocycles. The van der Waals surface area contributed by atoms with Crippen molar-refractivity contribution < 1.29 is 14.3 Å². The van der Waals surface area contributed by atoms with Crippen LogP contribution >= 0.6 is 11.8 Å². The summed E-state index contributed by atoms with van der Waals surface area (Å²) in [5.41, 5.74) is 3.06. The summed E-state index contributed by atoms with van der Waals surface area (Å²) in [5, 5.41) is 9.11. The highest BCUT2D eigenvalue weighted by Gasteiger charge is 2.28. The standard InChI is InChI=1S/C22H27N3O3S/c1-28-18-9-7-17(8-10-18)24-21(26)19(11-12-29-2)25-22(27)20-13-15-5-3-4-6-16(15)14-23-20/h3-10,19-20,23H,11-14H2,1-2H3,(H,24,26)(H,25,27). The summed E-state index contributed by atoms with van der Waals surface area (Å²) in [6, 6.07) is 14.3. The molecule has 3 N–H and O–H groups in total. The Morgan fingerprint density at radius 2 is 1.90 bits per heavy atom. The van der Waals surface area contributed by atoms with Gasteiger partial charge in [0, 0.05) is 12.2 Å². The van der Waals surface area contributed by atoms with Crippen molar-refractivity contribution in [1.82, 2.24) is 10.6 Å². The van der Waals surface area contributed by atoms with Crippen LogP contribution in [-0.4, -0.2) is 43.0 Å². The molecule has 3 rings (SSSR count). The monoisotopic (exact) mass is 413 g/mol. The van der Waals surface area contributed by atoms with Gasteiger partial charge in [-0.05, 0) is 60.2 Å². The van der Waals surface area contributed by atoms with Crippen molar-refractivity contribution in [1.29, 1.82) is 0 Å². The van der Waals surface area contributed by atoms with Gasteiger partial charge in [-0.25, -0.2) is 0 Å². The molecule has 6 nitrogen and oxygen atoms in total. The predicted octanol–water partition coefficient (Wildman–Crippen LogP) is 2.59. The minimum Gasteiger partial charge on any atom is -0.497 e. The maximum atomic E-state index is 12.8. The number of carbonyl (C=O) groups is 2. The van der Waals surface area contributed by atoms with Gasteiger partial charge in [0.15, 0.2) is 0 Å². The minimum atomic E-state index is -0.587. The van der Waals surface area contributed by atoms with Gasteiger partial charge < -0.3 is 20.7 Å². The fourth-order valence-corrected chi connectivity index (χ4v) is 3.79. The van der Waals surface area contributed by atoms with Crippen molar-refractivity contribution in [3.63, 3.8) is 0 Å². The topological polar surface area (TPSA) is 79.5 Å². The highest BCUT2D eigenvalue weighted by molar-refractivity contribution is 7.98. The molecule has 2 aromatic rings. The molecule has 2 aromatic carbocycles. The SMILES string of the molecule is COc1ccc(NC(=O)C(CCSC)NC(=O)C2Cc3ccccc3CN2)cc1. The number of hydrogen-bond donors (Lipinski definition) is 3. The van der Waals surface area contributed by atoms with Gasteiger partial charge in [-0.15, -0.1) is 0 Å². The number of benzene rings is 2. The Morgan fingerprint density at radius 3 is 2.59 bits per heavy atom. The lowest BCUT2D eigenvalue weighted by Crippen LogP contribution is -2.53. The Morgan fingerprint density at radius 1 is 1.17 bits per heavy atom. The average molecular weight is 414 g/mol. The van der Waals surface area contributed by atoms with Crippen LogP contribution in [0.25, 0.3) is 0 Å². The Hall–Kier alpha value is -2.51. The molecule has 7 heteroatoms. The van der Waals surface area contributed by atoms with Crippen molar-refractivity contribution in [3.8, 4) is 5.75 Å². The highest BCUT2D eigenvalue weighted by Crippen LogP contribution is 2.18. The zero-order valence-electron chi connectivity index (χ0n) is 16.7. The molecule has 2 atom stereocenters. The summed E-state index contributed by atoms with van der Waals surface area (Å²) >= 11 is 1.65. The number of thioether (sulfide) groups is 1. The van der Waals surface area contributed by atoms with Crippen molar-refractivity contribution in [2.45, 2.75) is 31.5 Å². The fraction of sp³-hybridized carbons (Fsp3) is 0.364. The van der Waals surface area contributed by atoms with Gasteiger partial charge in [-0.1, -0.05) is 24.3 Å². The molecule has 1 aliphatic heterocycles. The molecule has 0 saturated heterocycles. The van der Waals surface area contributed by atoms with Crippen LogP contribution in [0.5, 0.6) is 5.75 Å². The summed E-state index contributed by atoms with van der Waals surface area (Å²) in [7, 11) is 1.60. The molecule has 2 unspecified atom stereocenters. The number of methoxy groups -OCH3 is 1. The number of amides is 2. The molecule has 2 amide bonds. The second-order valence-corrected chi connectivity index (χ2v) is 7.95. The number of carbonyl (C=O) groups excluding carboxylic acids is 2. The van der Waals surface area contributed by atoms with E-state index in [1.54, 1.807) is 43.1 Å². The van der Waals surface area contributed by atoms with E-state index in [0.717, 1.165) is 11.5 Å². The van der Waals surface area contributed by atoms with E-state index in [0.29, 0.717) is 25.1 Å². The Labute approximate surface area is 175 Å². The van der Waals surface area contributed by atoms with E-state index in [-0.39, 0.29) is 17.9 Å². The quantitative estimate of drug-likeness (QED) is 0.620. The first-order valence-corrected chi connectivity index (χ1v) is 11.0. The lowest BCUT2D eigenvalue weighted by Gasteiger charge is -2.27. The van der Waals surface area contributed by atoms with Crippen molar-refractivity contribution in [3.05, 3.63) is 59.7 Å². The Kier molecular flexibility index (Phi) is 7.55. The Balaban J connectivity index is 1.63. The summed E-state index contributed by atoms with van der Waals surface area (Å²) in [6.07, 6.45) is 3.18. The number of fused-ring (bicyclic) bond motifs is 1. The number of nitrogens with one attached hydrogen (secondary N) is 3. The molecule has 29 heavy (non-hydrogen) atoms. The second-order valence-electron chi connectivity index (χ2n) is 6.97. The average Bonchev–Trinajstić information content (AvgIpc) is 2.76. The van der Waals surface area contributed by atoms with E-state index in [4.69, 9.17) is 4.74 Å². The molecular weight excluding hydrogens is 386 g/mol. The molecular formula is C22H27N3O3S. The third kappa shape index (κ3) is 5.74. The van der Waals surface area contributed by atoms with Gasteiger partial charge in [-0.3, -0.25) is 9.59 Å². The summed E-state index contributed by atoms with van der Waals surface area (Å²) < 4.78 is 5.14. The van der Waals surface area contributed by atoms with Gasteiger partial charge in [0.1, 0.15) is 11.8 Å². The Bertz CT molecular complexity index is 841. The number of rotatable bonds is 8. The molecule has 0 spiro atoms. The van der Waals surface area contributed by atoms with Gasteiger partial charge in [-0.2, -0.15) is 11.8 Å². The lowest BCUT2D eigenvalue weighted by atomic mass is 9.95. The first-order valence-electron chi connectivity index (χ1n) is 9.65. The van der Waals surface area contributed by atoms with Crippen LogP contribution in [0, 0.1) is 0 Å². The van der Waals surface area contributed by atoms with Gasteiger partial charge in [0.25, 0.3) is 0 Å². The van der Waals surface area contributed by atoms with Crippen molar-refractivity contribution in [2.75, 3.05) is 24.4 Å². The predicted molar refractivity (Wildman–Crippen MR) is 117 cm³/mol. The highest BCUT2D eigenvalue weighted by atomic mass is 32.2. The summed E-state index contributed by atoms with van der Waals surface area (Å²) in [4.78, 5) is 25.6. The van der Waals surface area contributed by atoms with E-state index >= 15 is 0 Å². The molecule has 154 valence electrons. The van der Waals surface area contributed by atoms with Crippen LogP contribution in [0.4, 0.5) is 5.69 Å². The fourth-order valence-electron chi connectivity index (χ4n) is 3.32. The maximum Gasteiger partial charge on any atom is 0.246 e. The number of anilines is 1. The molecule has 1 aliphatic rings. The van der Waals surface area contributed by atoms with Gasteiger partial charge in [0.2, 0.25) is 11.8 Å². The van der Waals surface area contributed by atoms with Crippen LogP contribution in [0.2, 0.25) is 0 Å². The lowest BCUT2D eigenvalue weighted by molar-refractivity contribution is -0.128. The maximum absolute atomic E-state index is 12.8. The first-order chi connectivity index (χ1) is 14.1. The summed E-state index contributed by atoms with van der Waals surface area (Å²) in [5.74, 6) is 1.14. The largest absolute Gasteiger partial charge is 0.497 e. The molecule has 0 fully saturated rings. The third-order valence-corrected chi connectivity index (χ3v) is 5.64. The van der Waals surface area contributed by atoms with Crippen molar-refractivity contribution >= 4 is 29.3 Å². The van der Waals surface area contributed by atoms with E-state index in [2.05, 4.69) is 28.1 Å². The first kappa shape index (κ1) is 21.2. The van der Waals surface area contributed by atoms with Crippen LogP contribution in [0.1, 0.15) is 17.5 Å². The number of ether oxygens (including phenoxy) is 1. The van der Waals surface area contributed by atoms with Crippen LogP contribution in [0.3, 0.4) is 0 Å². The minimum absolute atomic E-state index is 0.143. The summed E-state index contributed by atoms with van der Waals surface area (Å²) in [6.45, 7) is 0.655. The second kappa shape index (κ2) is 10.3. The van der Waals surface area contributed by atoms with Crippen LogP contribution in [0.15, 0.2) is 48.5 Å². The van der Waals surface area contributed by atoms with E-state index in [1.807, 2.05) is 18.4 Å². The smallest absolute Gasteiger partial charge is 0.246 e. The van der Waals surface area contributed by atoms with E-state index in [9.17, 15) is 9.59 Å². The zero-order valence-corrected chi connectivity index (χ0v) is 17.6.